The van der Waals surface area contributed by atoms with E-state index in [0.29, 0.717) is 17.3 Å². The molecule has 1 aromatic heterocycles. The fraction of sp³-hybridized carbons (Fsp3) is 0.0556. The van der Waals surface area contributed by atoms with Crippen LogP contribution in [0.5, 0.6) is 0 Å². The lowest BCUT2D eigenvalue weighted by atomic mass is 10.2. The monoisotopic (exact) mass is 319 g/mol. The highest BCUT2D eigenvalue weighted by atomic mass is 19.1. The number of aryl methyl sites for hydroxylation is 1. The standard InChI is InChI=1S/C18H14FN5/c1-12-9-17(22-15-7-5-14(19)6-8-15)24-18(21-12)23-16-4-2-3-13(10-16)11-20/h2-10H,1H3,(H2,21,22,23,24). The Hall–Kier alpha value is -3.46. The van der Waals surface area contributed by atoms with E-state index in [1.165, 1.54) is 12.1 Å². The van der Waals surface area contributed by atoms with Crippen molar-refractivity contribution < 1.29 is 4.39 Å². The molecular weight excluding hydrogens is 305 g/mol. The molecule has 0 aliphatic rings. The van der Waals surface area contributed by atoms with Gasteiger partial charge in [0.05, 0.1) is 11.6 Å². The highest BCUT2D eigenvalue weighted by Crippen LogP contribution is 2.20. The van der Waals surface area contributed by atoms with Crippen molar-refractivity contribution in [3.05, 3.63) is 71.7 Å². The molecule has 0 aliphatic carbocycles. The molecule has 0 radical (unpaired) electrons. The number of nitrogens with zero attached hydrogens (tertiary/aromatic N) is 3. The van der Waals surface area contributed by atoms with Gasteiger partial charge < -0.3 is 10.6 Å². The van der Waals surface area contributed by atoms with E-state index >= 15 is 0 Å². The third-order valence-corrected chi connectivity index (χ3v) is 3.22. The van der Waals surface area contributed by atoms with Crippen LogP contribution in [0, 0.1) is 24.1 Å². The fourth-order valence-corrected chi connectivity index (χ4v) is 2.17. The van der Waals surface area contributed by atoms with Gasteiger partial charge in [-0.2, -0.15) is 10.2 Å². The van der Waals surface area contributed by atoms with Gasteiger partial charge in [0, 0.05) is 23.1 Å². The molecule has 0 unspecified atom stereocenters. The van der Waals surface area contributed by atoms with E-state index in [0.717, 1.165) is 17.1 Å². The Morgan fingerprint density at radius 3 is 2.50 bits per heavy atom. The van der Waals surface area contributed by atoms with Gasteiger partial charge in [-0.05, 0) is 49.4 Å². The van der Waals surface area contributed by atoms with Gasteiger partial charge in [0.15, 0.2) is 0 Å². The van der Waals surface area contributed by atoms with Gasteiger partial charge >= 0.3 is 0 Å². The average Bonchev–Trinajstić information content (AvgIpc) is 2.56. The third kappa shape index (κ3) is 3.84. The zero-order chi connectivity index (χ0) is 16.9. The third-order valence-electron chi connectivity index (χ3n) is 3.22. The molecule has 5 nitrogen and oxygen atoms in total. The van der Waals surface area contributed by atoms with Crippen LogP contribution in [-0.4, -0.2) is 9.97 Å². The van der Waals surface area contributed by atoms with Gasteiger partial charge in [0.25, 0.3) is 0 Å². The molecule has 0 saturated carbocycles. The maximum atomic E-state index is 13.0. The van der Waals surface area contributed by atoms with Gasteiger partial charge in [-0.3, -0.25) is 0 Å². The molecule has 0 fully saturated rings. The molecule has 0 aliphatic heterocycles. The van der Waals surface area contributed by atoms with Crippen LogP contribution in [0.4, 0.5) is 27.5 Å². The van der Waals surface area contributed by atoms with Crippen LogP contribution < -0.4 is 10.6 Å². The lowest BCUT2D eigenvalue weighted by molar-refractivity contribution is 0.628. The van der Waals surface area contributed by atoms with Crippen LogP contribution in [0.2, 0.25) is 0 Å². The maximum absolute atomic E-state index is 13.0. The predicted octanol–water partition coefficient (Wildman–Crippen LogP) is 4.28. The van der Waals surface area contributed by atoms with Crippen LogP contribution in [0.1, 0.15) is 11.3 Å². The normalized spacial score (nSPS) is 10.0. The summed E-state index contributed by atoms with van der Waals surface area (Å²) in [7, 11) is 0. The molecule has 0 atom stereocenters. The summed E-state index contributed by atoms with van der Waals surface area (Å²) in [5, 5.41) is 15.1. The smallest absolute Gasteiger partial charge is 0.229 e. The number of benzene rings is 2. The first-order valence-electron chi connectivity index (χ1n) is 7.28. The van der Waals surface area contributed by atoms with Gasteiger partial charge in [0.2, 0.25) is 5.95 Å². The minimum Gasteiger partial charge on any atom is -0.340 e. The summed E-state index contributed by atoms with van der Waals surface area (Å²) >= 11 is 0. The topological polar surface area (TPSA) is 73.6 Å². The number of nitriles is 1. The molecular formula is C18H14FN5. The second-order valence-electron chi connectivity index (χ2n) is 5.17. The summed E-state index contributed by atoms with van der Waals surface area (Å²) in [6, 6.07) is 17.0. The van der Waals surface area contributed by atoms with Gasteiger partial charge in [-0.1, -0.05) is 6.07 Å². The summed E-state index contributed by atoms with van der Waals surface area (Å²) in [5.41, 5.74) is 2.78. The Kier molecular flexibility index (Phi) is 4.34. The zero-order valence-electron chi connectivity index (χ0n) is 12.9. The second-order valence-corrected chi connectivity index (χ2v) is 5.17. The number of halogens is 1. The molecule has 0 amide bonds. The number of aromatic nitrogens is 2. The molecule has 1 heterocycles. The molecule has 6 heteroatoms. The van der Waals surface area contributed by atoms with Crippen molar-refractivity contribution >= 4 is 23.1 Å². The van der Waals surface area contributed by atoms with Crippen molar-refractivity contribution in [1.82, 2.24) is 9.97 Å². The number of rotatable bonds is 4. The fourth-order valence-electron chi connectivity index (χ4n) is 2.17. The van der Waals surface area contributed by atoms with E-state index in [4.69, 9.17) is 5.26 Å². The van der Waals surface area contributed by atoms with E-state index in [1.54, 1.807) is 36.4 Å². The maximum Gasteiger partial charge on any atom is 0.229 e. The van der Waals surface area contributed by atoms with Crippen molar-refractivity contribution in [3.8, 4) is 6.07 Å². The molecule has 3 aromatic rings. The summed E-state index contributed by atoms with van der Waals surface area (Å²) in [6.07, 6.45) is 0. The Bertz CT molecular complexity index is 900. The van der Waals surface area contributed by atoms with E-state index in [1.807, 2.05) is 13.0 Å². The number of nitrogens with one attached hydrogen (secondary N) is 2. The van der Waals surface area contributed by atoms with Crippen LogP contribution in [0.15, 0.2) is 54.6 Å². The van der Waals surface area contributed by atoms with Crippen LogP contribution >= 0.6 is 0 Å². The van der Waals surface area contributed by atoms with Crippen molar-refractivity contribution in [2.24, 2.45) is 0 Å². The lowest BCUT2D eigenvalue weighted by Gasteiger charge is -2.10. The van der Waals surface area contributed by atoms with Gasteiger partial charge in [-0.15, -0.1) is 0 Å². The van der Waals surface area contributed by atoms with Crippen LogP contribution in [0.3, 0.4) is 0 Å². The Morgan fingerprint density at radius 2 is 1.75 bits per heavy atom. The minimum atomic E-state index is -0.292. The minimum absolute atomic E-state index is 0.292. The first-order valence-corrected chi connectivity index (χ1v) is 7.28. The predicted molar refractivity (Wildman–Crippen MR) is 90.9 cm³/mol. The van der Waals surface area contributed by atoms with Crippen molar-refractivity contribution in [1.29, 1.82) is 5.26 Å². The molecule has 0 spiro atoms. The Balaban J connectivity index is 1.83. The Labute approximate surface area is 138 Å². The highest BCUT2D eigenvalue weighted by molar-refractivity contribution is 5.61. The number of hydrogen-bond donors (Lipinski definition) is 2. The van der Waals surface area contributed by atoms with E-state index in [9.17, 15) is 4.39 Å². The SMILES string of the molecule is Cc1cc(Nc2ccc(F)cc2)nc(Nc2cccc(C#N)c2)n1. The van der Waals surface area contributed by atoms with Crippen LogP contribution in [0.25, 0.3) is 0 Å². The Morgan fingerprint density at radius 1 is 0.958 bits per heavy atom. The average molecular weight is 319 g/mol. The van der Waals surface area contributed by atoms with E-state index < -0.39 is 0 Å². The van der Waals surface area contributed by atoms with Gasteiger partial charge in [-0.25, -0.2) is 9.37 Å². The molecule has 0 bridgehead atoms. The molecule has 2 aromatic carbocycles. The second kappa shape index (κ2) is 6.75. The van der Waals surface area contributed by atoms with E-state index in [2.05, 4.69) is 26.7 Å². The summed E-state index contributed by atoms with van der Waals surface area (Å²) in [4.78, 5) is 8.73. The van der Waals surface area contributed by atoms with E-state index in [-0.39, 0.29) is 5.82 Å². The first kappa shape index (κ1) is 15.4. The first-order chi connectivity index (χ1) is 11.6. The molecule has 24 heavy (non-hydrogen) atoms. The van der Waals surface area contributed by atoms with Crippen molar-refractivity contribution in [2.45, 2.75) is 6.92 Å². The summed E-state index contributed by atoms with van der Waals surface area (Å²) < 4.78 is 13.0. The highest BCUT2D eigenvalue weighted by Gasteiger charge is 2.04. The molecule has 2 N–H and O–H groups in total. The molecule has 3 rings (SSSR count). The van der Waals surface area contributed by atoms with Crippen LogP contribution in [-0.2, 0) is 0 Å². The molecule has 118 valence electrons. The van der Waals surface area contributed by atoms with Gasteiger partial charge in [0.1, 0.15) is 11.6 Å². The molecule has 0 saturated heterocycles. The summed E-state index contributed by atoms with van der Waals surface area (Å²) in [5.74, 6) is 0.710. The lowest BCUT2D eigenvalue weighted by Crippen LogP contribution is -2.02. The number of anilines is 4. The zero-order valence-corrected chi connectivity index (χ0v) is 12.9. The van der Waals surface area contributed by atoms with Crippen molar-refractivity contribution in [3.63, 3.8) is 0 Å². The quantitative estimate of drug-likeness (QED) is 0.750. The largest absolute Gasteiger partial charge is 0.340 e. The number of hydrogen-bond acceptors (Lipinski definition) is 5. The summed E-state index contributed by atoms with van der Waals surface area (Å²) in [6.45, 7) is 1.86. The van der Waals surface area contributed by atoms with Crippen molar-refractivity contribution in [2.75, 3.05) is 10.6 Å².